The summed E-state index contributed by atoms with van der Waals surface area (Å²) < 4.78 is 1.18. The molecule has 6 nitrogen and oxygen atoms in total. The number of fused-ring (bicyclic) bond motifs is 1. The number of thiazole rings is 1. The molecule has 0 saturated carbocycles. The maximum absolute atomic E-state index is 12.8. The fourth-order valence-corrected chi connectivity index (χ4v) is 3.77. The van der Waals surface area contributed by atoms with Crippen LogP contribution in [-0.4, -0.2) is 20.7 Å². The third kappa shape index (κ3) is 3.13. The van der Waals surface area contributed by atoms with E-state index in [1.54, 1.807) is 24.3 Å². The van der Waals surface area contributed by atoms with Crippen LogP contribution in [0, 0.1) is 6.92 Å². The third-order valence-corrected chi connectivity index (χ3v) is 5.12. The van der Waals surface area contributed by atoms with Crippen LogP contribution in [-0.2, 0) is 7.05 Å². The predicted molar refractivity (Wildman–Crippen MR) is 107 cm³/mol. The second-order valence-corrected chi connectivity index (χ2v) is 7.27. The van der Waals surface area contributed by atoms with E-state index in [1.165, 1.54) is 23.1 Å². The molecule has 134 valence electrons. The zero-order valence-electron chi connectivity index (χ0n) is 14.8. The predicted octanol–water partition coefficient (Wildman–Crippen LogP) is 3.62. The average molecular weight is 376 g/mol. The van der Waals surface area contributed by atoms with E-state index < -0.39 is 5.91 Å². The van der Waals surface area contributed by atoms with Crippen LogP contribution in [0.15, 0.2) is 59.4 Å². The van der Waals surface area contributed by atoms with Crippen molar-refractivity contribution in [2.24, 2.45) is 7.05 Å². The Balaban J connectivity index is 1.71. The standard InChI is InChI=1S/C20H16N4O2S/c1-12-16(13-8-4-3-5-9-13)21-20(27-12)22-18(25)17-14-10-6-7-11-15(14)19(26)24(2)23-17/h3-11H,1-2H3,(H,21,22,25). The summed E-state index contributed by atoms with van der Waals surface area (Å²) >= 11 is 1.41. The summed E-state index contributed by atoms with van der Waals surface area (Å²) in [6, 6.07) is 16.8. The molecule has 0 aliphatic heterocycles. The number of hydrogen-bond acceptors (Lipinski definition) is 5. The Kier molecular flexibility index (Phi) is 4.29. The molecular weight excluding hydrogens is 360 g/mol. The number of nitrogens with one attached hydrogen (secondary N) is 1. The number of nitrogens with zero attached hydrogens (tertiary/aromatic N) is 3. The van der Waals surface area contributed by atoms with Crippen LogP contribution in [0.25, 0.3) is 22.0 Å². The minimum Gasteiger partial charge on any atom is -0.296 e. The van der Waals surface area contributed by atoms with E-state index in [2.05, 4.69) is 15.4 Å². The first-order valence-corrected chi connectivity index (χ1v) is 9.16. The highest BCUT2D eigenvalue weighted by Crippen LogP contribution is 2.30. The van der Waals surface area contributed by atoms with E-state index in [4.69, 9.17) is 0 Å². The lowest BCUT2D eigenvalue weighted by atomic mass is 10.1. The topological polar surface area (TPSA) is 76.9 Å². The number of anilines is 1. The lowest BCUT2D eigenvalue weighted by Crippen LogP contribution is -2.25. The van der Waals surface area contributed by atoms with Gasteiger partial charge in [0.2, 0.25) is 0 Å². The normalized spacial score (nSPS) is 10.9. The van der Waals surface area contributed by atoms with Crippen molar-refractivity contribution < 1.29 is 4.79 Å². The summed E-state index contributed by atoms with van der Waals surface area (Å²) in [5.41, 5.74) is 1.80. The van der Waals surface area contributed by atoms with Gasteiger partial charge in [0.15, 0.2) is 10.8 Å². The Morgan fingerprint density at radius 2 is 1.70 bits per heavy atom. The van der Waals surface area contributed by atoms with Crippen LogP contribution >= 0.6 is 11.3 Å². The molecule has 0 saturated heterocycles. The number of hydrogen-bond donors (Lipinski definition) is 1. The molecule has 0 radical (unpaired) electrons. The molecule has 1 amide bonds. The Bertz CT molecular complexity index is 1210. The number of aryl methyl sites for hydroxylation is 2. The van der Waals surface area contributed by atoms with Crippen molar-refractivity contribution in [3.8, 4) is 11.3 Å². The van der Waals surface area contributed by atoms with Crippen molar-refractivity contribution in [3.05, 3.63) is 75.5 Å². The molecule has 2 aromatic carbocycles. The smallest absolute Gasteiger partial charge is 0.278 e. The molecule has 1 N–H and O–H groups in total. The van der Waals surface area contributed by atoms with Gasteiger partial charge in [0, 0.05) is 22.9 Å². The maximum Gasteiger partial charge on any atom is 0.278 e. The van der Waals surface area contributed by atoms with Crippen molar-refractivity contribution in [3.63, 3.8) is 0 Å². The minimum atomic E-state index is -0.393. The van der Waals surface area contributed by atoms with E-state index in [0.717, 1.165) is 16.1 Å². The SMILES string of the molecule is Cc1sc(NC(=O)c2nn(C)c(=O)c3ccccc23)nc1-c1ccccc1. The molecule has 2 heterocycles. The third-order valence-electron chi connectivity index (χ3n) is 4.24. The minimum absolute atomic E-state index is 0.196. The summed E-state index contributed by atoms with van der Waals surface area (Å²) in [5.74, 6) is -0.393. The molecule has 2 aromatic heterocycles. The largest absolute Gasteiger partial charge is 0.296 e. The molecule has 0 atom stereocenters. The van der Waals surface area contributed by atoms with Crippen LogP contribution in [0.5, 0.6) is 0 Å². The molecule has 27 heavy (non-hydrogen) atoms. The van der Waals surface area contributed by atoms with Gasteiger partial charge in [0.05, 0.1) is 11.1 Å². The lowest BCUT2D eigenvalue weighted by molar-refractivity contribution is 0.102. The molecule has 0 fully saturated rings. The zero-order chi connectivity index (χ0) is 19.0. The molecule has 7 heteroatoms. The first-order valence-electron chi connectivity index (χ1n) is 8.35. The number of rotatable bonds is 3. The zero-order valence-corrected chi connectivity index (χ0v) is 15.6. The summed E-state index contributed by atoms with van der Waals surface area (Å²) in [7, 11) is 1.53. The van der Waals surface area contributed by atoms with Crippen molar-refractivity contribution in [2.45, 2.75) is 6.92 Å². The second-order valence-electron chi connectivity index (χ2n) is 6.07. The Morgan fingerprint density at radius 1 is 1.04 bits per heavy atom. The van der Waals surface area contributed by atoms with E-state index in [9.17, 15) is 9.59 Å². The fraction of sp³-hybridized carbons (Fsp3) is 0.100. The second kappa shape index (κ2) is 6.77. The van der Waals surface area contributed by atoms with Gasteiger partial charge >= 0.3 is 0 Å². The van der Waals surface area contributed by atoms with E-state index in [0.29, 0.717) is 15.9 Å². The quantitative estimate of drug-likeness (QED) is 0.592. The number of aromatic nitrogens is 3. The highest BCUT2D eigenvalue weighted by molar-refractivity contribution is 7.16. The average Bonchev–Trinajstić information content (AvgIpc) is 3.05. The molecule has 4 aromatic rings. The summed E-state index contributed by atoms with van der Waals surface area (Å²) in [6.07, 6.45) is 0. The van der Waals surface area contributed by atoms with Gasteiger partial charge < -0.3 is 0 Å². The Labute approximate surface area is 159 Å². The van der Waals surface area contributed by atoms with Crippen LogP contribution in [0.1, 0.15) is 15.4 Å². The number of amides is 1. The van der Waals surface area contributed by atoms with Gasteiger partial charge in [0.25, 0.3) is 11.5 Å². The van der Waals surface area contributed by atoms with Gasteiger partial charge in [0.1, 0.15) is 0 Å². The highest BCUT2D eigenvalue weighted by atomic mass is 32.1. The van der Waals surface area contributed by atoms with Crippen LogP contribution in [0.4, 0.5) is 5.13 Å². The van der Waals surface area contributed by atoms with E-state index >= 15 is 0 Å². The Morgan fingerprint density at radius 3 is 2.44 bits per heavy atom. The van der Waals surface area contributed by atoms with Gasteiger partial charge in [-0.2, -0.15) is 5.10 Å². The van der Waals surface area contributed by atoms with E-state index in [-0.39, 0.29) is 11.3 Å². The number of carbonyl (C=O) groups is 1. The molecule has 4 rings (SSSR count). The van der Waals surface area contributed by atoms with Crippen molar-refractivity contribution >= 4 is 33.1 Å². The van der Waals surface area contributed by atoms with Gasteiger partial charge in [-0.25, -0.2) is 9.67 Å². The van der Waals surface area contributed by atoms with Crippen LogP contribution in [0.2, 0.25) is 0 Å². The van der Waals surface area contributed by atoms with Crippen LogP contribution in [0.3, 0.4) is 0 Å². The number of carbonyl (C=O) groups excluding carboxylic acids is 1. The van der Waals surface area contributed by atoms with Gasteiger partial charge in [-0.05, 0) is 13.0 Å². The van der Waals surface area contributed by atoms with Gasteiger partial charge in [-0.15, -0.1) is 11.3 Å². The Hall–Kier alpha value is -3.32. The summed E-state index contributed by atoms with van der Waals surface area (Å²) in [4.78, 5) is 30.6. The van der Waals surface area contributed by atoms with Crippen molar-refractivity contribution in [1.29, 1.82) is 0 Å². The molecule has 0 bridgehead atoms. The monoisotopic (exact) mass is 376 g/mol. The van der Waals surface area contributed by atoms with Gasteiger partial charge in [-0.1, -0.05) is 48.5 Å². The van der Waals surface area contributed by atoms with Crippen molar-refractivity contribution in [1.82, 2.24) is 14.8 Å². The first kappa shape index (κ1) is 17.1. The fourth-order valence-electron chi connectivity index (χ4n) is 2.94. The molecule has 0 aliphatic carbocycles. The molecule has 0 spiro atoms. The van der Waals surface area contributed by atoms with Crippen LogP contribution < -0.4 is 10.9 Å². The first-order chi connectivity index (χ1) is 13.0. The summed E-state index contributed by atoms with van der Waals surface area (Å²) in [6.45, 7) is 1.97. The highest BCUT2D eigenvalue weighted by Gasteiger charge is 2.18. The van der Waals surface area contributed by atoms with E-state index in [1.807, 2.05) is 37.3 Å². The molecular formula is C20H16N4O2S. The molecule has 0 unspecified atom stereocenters. The van der Waals surface area contributed by atoms with Gasteiger partial charge in [-0.3, -0.25) is 14.9 Å². The lowest BCUT2D eigenvalue weighted by Gasteiger charge is -2.07. The number of benzene rings is 2. The summed E-state index contributed by atoms with van der Waals surface area (Å²) in [5, 5.41) is 8.45. The van der Waals surface area contributed by atoms with Crippen molar-refractivity contribution in [2.75, 3.05) is 5.32 Å². The molecule has 0 aliphatic rings. The maximum atomic E-state index is 12.8.